The molecule has 0 rings (SSSR count). The standard InChI is InChI=1S/C62H106O6/c1-4-7-10-13-16-19-22-25-28-31-32-35-37-40-43-46-49-52-55-61(64)67-58-59(68-62(65)56-53-50-47-44-41-38-34-30-27-24-21-18-15-12-9-6-3)57-66-60(63)54-51-48-45-42-39-36-33-29-26-23-20-17-14-11-8-5-2/h9,12,18,21,27,29-30,32-33,35-36,38-39,41,59H,4-8,10-11,13-17,19-20,22-26,28,31,34,37,40,42-58H2,1-3H3/b12-9-,21-18-,30-27-,33-29-,35-32-,39-36-,41-38-. The number of ether oxygens (including phenoxy) is 3. The van der Waals surface area contributed by atoms with Crippen LogP contribution in [0.2, 0.25) is 0 Å². The largest absolute Gasteiger partial charge is 0.462 e. The van der Waals surface area contributed by atoms with Gasteiger partial charge in [-0.15, -0.1) is 0 Å². The van der Waals surface area contributed by atoms with E-state index in [0.29, 0.717) is 12.8 Å². The Hall–Kier alpha value is -3.41. The third-order valence-electron chi connectivity index (χ3n) is 12.1. The van der Waals surface area contributed by atoms with Crippen molar-refractivity contribution >= 4 is 17.9 Å². The second-order valence-electron chi connectivity index (χ2n) is 18.8. The fourth-order valence-electron chi connectivity index (χ4n) is 7.83. The molecular formula is C62H106O6. The lowest BCUT2D eigenvalue weighted by Gasteiger charge is -2.18. The van der Waals surface area contributed by atoms with Gasteiger partial charge in [0, 0.05) is 19.3 Å². The Kier molecular flexibility index (Phi) is 53.4. The Bertz CT molecular complexity index is 1320. The van der Waals surface area contributed by atoms with Crippen LogP contribution < -0.4 is 0 Å². The van der Waals surface area contributed by atoms with Crippen LogP contribution in [0, 0.1) is 0 Å². The van der Waals surface area contributed by atoms with Gasteiger partial charge in [-0.3, -0.25) is 14.4 Å². The first-order chi connectivity index (χ1) is 33.5. The number of carbonyl (C=O) groups excluding carboxylic acids is 3. The first-order valence-electron chi connectivity index (χ1n) is 28.6. The Morgan fingerprint density at radius 1 is 0.324 bits per heavy atom. The van der Waals surface area contributed by atoms with Crippen molar-refractivity contribution in [3.8, 4) is 0 Å². The SMILES string of the molecule is CC/C=C\C/C=C\C/C=C\C/C=C\CCCCCC(=O)OC(COC(=O)CCCCC/C=C\C=C/CCCCCCCCC)COC(=O)CCCCCCC/C=C\CCCCCCCCCCC. The average Bonchev–Trinajstić information content (AvgIpc) is 3.34. The first-order valence-corrected chi connectivity index (χ1v) is 28.6. The van der Waals surface area contributed by atoms with Gasteiger partial charge in [0.25, 0.3) is 0 Å². The van der Waals surface area contributed by atoms with E-state index in [9.17, 15) is 14.4 Å². The highest BCUT2D eigenvalue weighted by Crippen LogP contribution is 2.14. The molecule has 390 valence electrons. The molecule has 0 bridgehead atoms. The summed E-state index contributed by atoms with van der Waals surface area (Å²) >= 11 is 0. The predicted octanol–water partition coefficient (Wildman–Crippen LogP) is 19.2. The molecule has 0 aliphatic carbocycles. The van der Waals surface area contributed by atoms with E-state index in [4.69, 9.17) is 14.2 Å². The number of hydrogen-bond acceptors (Lipinski definition) is 6. The molecule has 0 aromatic rings. The summed E-state index contributed by atoms with van der Waals surface area (Å²) in [6.45, 7) is 6.48. The Morgan fingerprint density at radius 2 is 0.618 bits per heavy atom. The van der Waals surface area contributed by atoms with Gasteiger partial charge < -0.3 is 14.2 Å². The number of hydrogen-bond donors (Lipinski definition) is 0. The van der Waals surface area contributed by atoms with Crippen LogP contribution in [0.15, 0.2) is 85.1 Å². The van der Waals surface area contributed by atoms with E-state index in [2.05, 4.69) is 106 Å². The minimum absolute atomic E-state index is 0.102. The Balaban J connectivity index is 4.48. The summed E-state index contributed by atoms with van der Waals surface area (Å²) in [4.78, 5) is 38.1. The molecule has 1 atom stereocenters. The minimum Gasteiger partial charge on any atom is -0.462 e. The zero-order valence-electron chi connectivity index (χ0n) is 44.6. The lowest BCUT2D eigenvalue weighted by Crippen LogP contribution is -2.30. The molecule has 0 aliphatic rings. The molecule has 0 saturated carbocycles. The number of carbonyl (C=O) groups is 3. The van der Waals surface area contributed by atoms with Crippen LogP contribution in [-0.4, -0.2) is 37.2 Å². The van der Waals surface area contributed by atoms with Crippen molar-refractivity contribution in [2.24, 2.45) is 0 Å². The van der Waals surface area contributed by atoms with E-state index in [1.165, 1.54) is 122 Å². The lowest BCUT2D eigenvalue weighted by atomic mass is 10.1. The van der Waals surface area contributed by atoms with Crippen molar-refractivity contribution in [1.82, 2.24) is 0 Å². The monoisotopic (exact) mass is 947 g/mol. The molecule has 0 aliphatic heterocycles. The normalized spacial score (nSPS) is 12.7. The number of allylic oxidation sites excluding steroid dienone is 14. The third kappa shape index (κ3) is 53.5. The van der Waals surface area contributed by atoms with E-state index in [0.717, 1.165) is 109 Å². The van der Waals surface area contributed by atoms with Crippen LogP contribution in [0.4, 0.5) is 0 Å². The van der Waals surface area contributed by atoms with Crippen molar-refractivity contribution in [3.05, 3.63) is 85.1 Å². The summed E-state index contributed by atoms with van der Waals surface area (Å²) in [5, 5.41) is 0. The highest BCUT2D eigenvalue weighted by atomic mass is 16.6. The van der Waals surface area contributed by atoms with E-state index in [1.54, 1.807) is 0 Å². The summed E-state index contributed by atoms with van der Waals surface area (Å²) in [5.41, 5.74) is 0. The number of unbranched alkanes of at least 4 members (excludes halogenated alkanes) is 27. The Labute approximate surface area is 420 Å². The summed E-state index contributed by atoms with van der Waals surface area (Å²) in [7, 11) is 0. The molecule has 0 aromatic heterocycles. The van der Waals surface area contributed by atoms with Gasteiger partial charge >= 0.3 is 17.9 Å². The van der Waals surface area contributed by atoms with E-state index >= 15 is 0 Å². The topological polar surface area (TPSA) is 78.9 Å². The van der Waals surface area contributed by atoms with Gasteiger partial charge in [-0.25, -0.2) is 0 Å². The summed E-state index contributed by atoms with van der Waals surface area (Å²) in [6.07, 6.45) is 72.9. The van der Waals surface area contributed by atoms with E-state index in [1.807, 2.05) is 0 Å². The molecule has 1 unspecified atom stereocenters. The van der Waals surface area contributed by atoms with Crippen LogP contribution in [0.1, 0.15) is 271 Å². The predicted molar refractivity (Wildman–Crippen MR) is 293 cm³/mol. The molecule has 6 nitrogen and oxygen atoms in total. The van der Waals surface area contributed by atoms with Crippen LogP contribution >= 0.6 is 0 Å². The zero-order chi connectivity index (χ0) is 49.3. The molecule has 6 heteroatoms. The summed E-state index contributed by atoms with van der Waals surface area (Å²) < 4.78 is 16.8. The Morgan fingerprint density at radius 3 is 1.01 bits per heavy atom. The summed E-state index contributed by atoms with van der Waals surface area (Å²) in [5.74, 6) is -0.964. The molecule has 0 N–H and O–H groups in total. The molecule has 68 heavy (non-hydrogen) atoms. The van der Waals surface area contributed by atoms with Gasteiger partial charge in [0.2, 0.25) is 0 Å². The van der Waals surface area contributed by atoms with Crippen LogP contribution in [0.5, 0.6) is 0 Å². The first kappa shape index (κ1) is 64.6. The fraction of sp³-hybridized carbons (Fsp3) is 0.726. The van der Waals surface area contributed by atoms with Crippen LogP contribution in [0.3, 0.4) is 0 Å². The van der Waals surface area contributed by atoms with E-state index in [-0.39, 0.29) is 37.5 Å². The second-order valence-corrected chi connectivity index (χ2v) is 18.8. The van der Waals surface area contributed by atoms with Crippen LogP contribution in [-0.2, 0) is 28.6 Å². The van der Waals surface area contributed by atoms with Gasteiger partial charge in [-0.1, -0.05) is 228 Å². The van der Waals surface area contributed by atoms with E-state index < -0.39 is 6.10 Å². The quantitative estimate of drug-likeness (QED) is 0.0199. The maximum Gasteiger partial charge on any atom is 0.306 e. The molecule has 0 amide bonds. The molecule has 0 radical (unpaired) electrons. The van der Waals surface area contributed by atoms with Gasteiger partial charge in [0.1, 0.15) is 13.2 Å². The second kappa shape index (κ2) is 56.2. The number of rotatable bonds is 51. The van der Waals surface area contributed by atoms with Gasteiger partial charge in [0.05, 0.1) is 0 Å². The van der Waals surface area contributed by atoms with Gasteiger partial charge in [0.15, 0.2) is 6.10 Å². The van der Waals surface area contributed by atoms with Crippen LogP contribution in [0.25, 0.3) is 0 Å². The molecule has 0 spiro atoms. The molecule has 0 fully saturated rings. The fourth-order valence-corrected chi connectivity index (χ4v) is 7.83. The van der Waals surface area contributed by atoms with Crippen molar-refractivity contribution in [3.63, 3.8) is 0 Å². The summed E-state index contributed by atoms with van der Waals surface area (Å²) in [6, 6.07) is 0. The van der Waals surface area contributed by atoms with Crippen molar-refractivity contribution < 1.29 is 28.6 Å². The van der Waals surface area contributed by atoms with Gasteiger partial charge in [-0.05, 0) is 109 Å². The highest BCUT2D eigenvalue weighted by molar-refractivity contribution is 5.71. The average molecular weight is 948 g/mol. The highest BCUT2D eigenvalue weighted by Gasteiger charge is 2.19. The number of esters is 3. The lowest BCUT2D eigenvalue weighted by molar-refractivity contribution is -0.167. The van der Waals surface area contributed by atoms with Crippen molar-refractivity contribution in [2.75, 3.05) is 13.2 Å². The third-order valence-corrected chi connectivity index (χ3v) is 12.1. The van der Waals surface area contributed by atoms with Crippen molar-refractivity contribution in [2.45, 2.75) is 277 Å². The smallest absolute Gasteiger partial charge is 0.306 e. The molecule has 0 aromatic carbocycles. The van der Waals surface area contributed by atoms with Crippen molar-refractivity contribution in [1.29, 1.82) is 0 Å². The molecule has 0 heterocycles. The minimum atomic E-state index is -0.808. The zero-order valence-corrected chi connectivity index (χ0v) is 44.6. The van der Waals surface area contributed by atoms with Gasteiger partial charge in [-0.2, -0.15) is 0 Å². The molecular weight excluding hydrogens is 841 g/mol. The molecule has 0 saturated heterocycles. The maximum absolute atomic E-state index is 12.8. The maximum atomic E-state index is 12.8.